The molecule has 1 amide bonds. The Bertz CT molecular complexity index is 933. The van der Waals surface area contributed by atoms with Crippen molar-refractivity contribution >= 4 is 15.9 Å². The molecule has 0 bridgehead atoms. The van der Waals surface area contributed by atoms with Crippen LogP contribution in [-0.4, -0.2) is 37.5 Å². The Morgan fingerprint density at radius 1 is 1.17 bits per heavy atom. The van der Waals surface area contributed by atoms with Crippen LogP contribution in [0.25, 0.3) is 0 Å². The van der Waals surface area contributed by atoms with Gasteiger partial charge in [0.15, 0.2) is 0 Å². The number of amides is 1. The quantitative estimate of drug-likeness (QED) is 0.692. The summed E-state index contributed by atoms with van der Waals surface area (Å²) >= 11 is 0. The maximum Gasteiger partial charge on any atom is 0.224 e. The summed E-state index contributed by atoms with van der Waals surface area (Å²) in [5.41, 5.74) is 1.93. The molecule has 1 N–H and O–H groups in total. The van der Waals surface area contributed by atoms with E-state index in [1.807, 2.05) is 37.3 Å². The highest BCUT2D eigenvalue weighted by Crippen LogP contribution is 2.22. The van der Waals surface area contributed by atoms with Crippen LogP contribution in [0.1, 0.15) is 43.4 Å². The topological polar surface area (TPSA) is 66.5 Å². The summed E-state index contributed by atoms with van der Waals surface area (Å²) in [4.78, 5) is 12.7. The van der Waals surface area contributed by atoms with Crippen molar-refractivity contribution in [3.63, 3.8) is 0 Å². The predicted octanol–water partition coefficient (Wildman–Crippen LogP) is 3.68. The van der Waals surface area contributed by atoms with E-state index < -0.39 is 10.0 Å². The van der Waals surface area contributed by atoms with Gasteiger partial charge in [0, 0.05) is 13.1 Å². The smallest absolute Gasteiger partial charge is 0.224 e. The Kier molecular flexibility index (Phi) is 7.61. The number of sulfonamides is 1. The van der Waals surface area contributed by atoms with E-state index in [1.165, 1.54) is 16.4 Å². The highest BCUT2D eigenvalue weighted by atomic mass is 32.2. The van der Waals surface area contributed by atoms with E-state index in [9.17, 15) is 17.6 Å². The second-order valence-electron chi connectivity index (χ2n) is 7.88. The van der Waals surface area contributed by atoms with Gasteiger partial charge in [0.2, 0.25) is 15.9 Å². The molecule has 162 valence electrons. The number of hydrogen-bond donors (Lipinski definition) is 1. The van der Waals surface area contributed by atoms with Gasteiger partial charge in [0.05, 0.1) is 17.7 Å². The lowest BCUT2D eigenvalue weighted by atomic mass is 9.98. The third kappa shape index (κ3) is 6.12. The van der Waals surface area contributed by atoms with Crippen molar-refractivity contribution in [1.82, 2.24) is 9.62 Å². The molecule has 1 heterocycles. The molecule has 0 aromatic heterocycles. The number of carbonyl (C=O) groups excluding carboxylic acids is 1. The Balaban J connectivity index is 1.53. The van der Waals surface area contributed by atoms with Crippen molar-refractivity contribution in [2.24, 2.45) is 5.92 Å². The third-order valence-corrected chi connectivity index (χ3v) is 7.51. The summed E-state index contributed by atoms with van der Waals surface area (Å²) < 4.78 is 40.1. The van der Waals surface area contributed by atoms with Crippen molar-refractivity contribution < 1.29 is 17.6 Å². The molecule has 2 aromatic rings. The molecular weight excluding hydrogens is 403 g/mol. The Hall–Kier alpha value is -2.25. The first kappa shape index (κ1) is 22.4. The Morgan fingerprint density at radius 2 is 1.87 bits per heavy atom. The van der Waals surface area contributed by atoms with Crippen molar-refractivity contribution in [3.8, 4) is 0 Å². The van der Waals surface area contributed by atoms with Crippen molar-refractivity contribution in [3.05, 3.63) is 71.5 Å². The van der Waals surface area contributed by atoms with Gasteiger partial charge < -0.3 is 5.32 Å². The molecule has 1 aliphatic heterocycles. The number of benzene rings is 2. The lowest BCUT2D eigenvalue weighted by Crippen LogP contribution is -2.46. The van der Waals surface area contributed by atoms with Crippen LogP contribution in [0.3, 0.4) is 0 Å². The van der Waals surface area contributed by atoms with Gasteiger partial charge >= 0.3 is 0 Å². The maximum absolute atomic E-state index is 13.1. The SMILES string of the molecule is C[C@H](NC(=O)[C@@H]1CCCN(S(=O)(=O)CCCc2ccccc2)C1)c1ccc(F)cc1. The second-order valence-corrected chi connectivity index (χ2v) is 9.97. The molecule has 5 nitrogen and oxygen atoms in total. The van der Waals surface area contributed by atoms with Crippen LogP contribution in [0, 0.1) is 11.7 Å². The van der Waals surface area contributed by atoms with Gasteiger partial charge in [-0.1, -0.05) is 42.5 Å². The molecule has 1 fully saturated rings. The molecule has 0 aliphatic carbocycles. The minimum Gasteiger partial charge on any atom is -0.349 e. The van der Waals surface area contributed by atoms with Crippen LogP contribution < -0.4 is 5.32 Å². The van der Waals surface area contributed by atoms with Gasteiger partial charge in [-0.2, -0.15) is 0 Å². The average molecular weight is 433 g/mol. The van der Waals surface area contributed by atoms with Gasteiger partial charge in [-0.15, -0.1) is 0 Å². The minimum absolute atomic E-state index is 0.0855. The van der Waals surface area contributed by atoms with Gasteiger partial charge in [-0.05, 0) is 55.9 Å². The first-order valence-electron chi connectivity index (χ1n) is 10.4. The van der Waals surface area contributed by atoms with Gasteiger partial charge in [-0.3, -0.25) is 4.79 Å². The number of hydrogen-bond acceptors (Lipinski definition) is 3. The summed E-state index contributed by atoms with van der Waals surface area (Å²) in [6, 6.07) is 15.6. The van der Waals surface area contributed by atoms with Crippen LogP contribution in [-0.2, 0) is 21.2 Å². The highest BCUT2D eigenvalue weighted by molar-refractivity contribution is 7.89. The summed E-state index contributed by atoms with van der Waals surface area (Å²) in [6.07, 6.45) is 2.60. The largest absolute Gasteiger partial charge is 0.349 e. The summed E-state index contributed by atoms with van der Waals surface area (Å²) in [7, 11) is -3.39. The number of nitrogens with zero attached hydrogens (tertiary/aromatic N) is 1. The Labute approximate surface area is 178 Å². The van der Waals surface area contributed by atoms with Crippen LogP contribution in [0.15, 0.2) is 54.6 Å². The summed E-state index contributed by atoms with van der Waals surface area (Å²) in [5, 5.41) is 2.94. The normalized spacial score (nSPS) is 18.7. The van der Waals surface area contributed by atoms with Crippen LogP contribution in [0.2, 0.25) is 0 Å². The molecule has 0 radical (unpaired) electrons. The molecular formula is C23H29FN2O3S. The fourth-order valence-electron chi connectivity index (χ4n) is 3.81. The monoisotopic (exact) mass is 432 g/mol. The number of rotatable bonds is 8. The van der Waals surface area contributed by atoms with Crippen molar-refractivity contribution in [2.75, 3.05) is 18.8 Å². The molecule has 30 heavy (non-hydrogen) atoms. The lowest BCUT2D eigenvalue weighted by molar-refractivity contribution is -0.126. The van der Waals surface area contributed by atoms with E-state index >= 15 is 0 Å². The molecule has 0 saturated carbocycles. The van der Waals surface area contributed by atoms with Crippen LogP contribution in [0.4, 0.5) is 4.39 Å². The molecule has 7 heteroatoms. The molecule has 3 rings (SSSR count). The van der Waals surface area contributed by atoms with Crippen molar-refractivity contribution in [2.45, 2.75) is 38.6 Å². The van der Waals surface area contributed by atoms with E-state index in [2.05, 4.69) is 5.32 Å². The zero-order valence-electron chi connectivity index (χ0n) is 17.3. The van der Waals surface area contributed by atoms with E-state index in [-0.39, 0.29) is 36.0 Å². The molecule has 2 aromatic carbocycles. The number of halogens is 1. The Morgan fingerprint density at radius 3 is 2.57 bits per heavy atom. The first-order chi connectivity index (χ1) is 14.3. The number of nitrogens with one attached hydrogen (secondary N) is 1. The molecule has 1 aliphatic rings. The fourth-order valence-corrected chi connectivity index (χ4v) is 5.39. The van der Waals surface area contributed by atoms with Gasteiger partial charge in [-0.25, -0.2) is 17.1 Å². The number of piperidine rings is 1. The van der Waals surface area contributed by atoms with Gasteiger partial charge in [0.1, 0.15) is 5.82 Å². The zero-order valence-corrected chi connectivity index (χ0v) is 18.1. The summed E-state index contributed by atoms with van der Waals surface area (Å²) in [6.45, 7) is 2.52. The molecule has 0 spiro atoms. The lowest BCUT2D eigenvalue weighted by Gasteiger charge is -2.32. The average Bonchev–Trinajstić information content (AvgIpc) is 2.75. The number of aryl methyl sites for hydroxylation is 1. The van der Waals surface area contributed by atoms with Crippen LogP contribution in [0.5, 0.6) is 0 Å². The third-order valence-electron chi connectivity index (χ3n) is 5.59. The number of carbonyl (C=O) groups is 1. The standard InChI is InChI=1S/C23H29FN2O3S/c1-18(20-11-13-22(24)14-12-20)25-23(27)21-10-5-15-26(17-21)30(28,29)16-6-9-19-7-3-2-4-8-19/h2-4,7-8,11-14,18,21H,5-6,9-10,15-17H2,1H3,(H,25,27)/t18-,21+/m0/s1. The highest BCUT2D eigenvalue weighted by Gasteiger charge is 2.32. The summed E-state index contributed by atoms with van der Waals surface area (Å²) in [5.74, 6) is -0.762. The molecule has 0 unspecified atom stereocenters. The fraction of sp³-hybridized carbons (Fsp3) is 0.435. The van der Waals surface area contributed by atoms with E-state index in [1.54, 1.807) is 12.1 Å². The maximum atomic E-state index is 13.1. The molecule has 2 atom stereocenters. The minimum atomic E-state index is -3.39. The van der Waals surface area contributed by atoms with E-state index in [4.69, 9.17) is 0 Å². The van der Waals surface area contributed by atoms with E-state index in [0.29, 0.717) is 32.2 Å². The second kappa shape index (κ2) is 10.2. The van der Waals surface area contributed by atoms with Gasteiger partial charge in [0.25, 0.3) is 0 Å². The molecule has 1 saturated heterocycles. The van der Waals surface area contributed by atoms with Crippen molar-refractivity contribution in [1.29, 1.82) is 0 Å². The predicted molar refractivity (Wildman–Crippen MR) is 116 cm³/mol. The zero-order chi connectivity index (χ0) is 21.6. The first-order valence-corrected chi connectivity index (χ1v) is 12.0. The van der Waals surface area contributed by atoms with E-state index in [0.717, 1.165) is 11.1 Å². The van der Waals surface area contributed by atoms with Crippen LogP contribution >= 0.6 is 0 Å².